The predicted octanol–water partition coefficient (Wildman–Crippen LogP) is 4.08. The minimum atomic E-state index is 0.849. The summed E-state index contributed by atoms with van der Waals surface area (Å²) in [7, 11) is 0. The standard InChI is InChI=1S/C9H8ClNS2/c10-9-2-1-8(13-9)5-11-7-3-4-12-6-7/h1-4,6,11H,5H2. The first-order chi connectivity index (χ1) is 6.34. The largest absolute Gasteiger partial charge is 0.379 e. The van der Waals surface area contributed by atoms with E-state index in [0.717, 1.165) is 10.9 Å². The number of hydrogen-bond donors (Lipinski definition) is 1. The molecule has 0 saturated heterocycles. The van der Waals surface area contributed by atoms with Crippen LogP contribution in [0, 0.1) is 0 Å². The lowest BCUT2D eigenvalue weighted by Gasteiger charge is -1.99. The van der Waals surface area contributed by atoms with E-state index in [2.05, 4.69) is 22.1 Å². The fourth-order valence-electron chi connectivity index (χ4n) is 1.00. The third-order valence-corrected chi connectivity index (χ3v) is 3.53. The summed E-state index contributed by atoms with van der Waals surface area (Å²) in [5.41, 5.74) is 1.18. The zero-order valence-electron chi connectivity index (χ0n) is 6.79. The molecule has 2 aromatic heterocycles. The van der Waals surface area contributed by atoms with Crippen molar-refractivity contribution >= 4 is 40.0 Å². The second-order valence-corrected chi connectivity index (χ2v) is 5.15. The van der Waals surface area contributed by atoms with Gasteiger partial charge in [-0.25, -0.2) is 0 Å². The van der Waals surface area contributed by atoms with E-state index in [4.69, 9.17) is 11.6 Å². The minimum Gasteiger partial charge on any atom is -0.379 e. The van der Waals surface area contributed by atoms with E-state index < -0.39 is 0 Å². The first-order valence-corrected chi connectivity index (χ1v) is 5.98. The predicted molar refractivity (Wildman–Crippen MR) is 61.0 cm³/mol. The van der Waals surface area contributed by atoms with Gasteiger partial charge in [0.15, 0.2) is 0 Å². The van der Waals surface area contributed by atoms with Crippen molar-refractivity contribution in [3.05, 3.63) is 38.2 Å². The van der Waals surface area contributed by atoms with Gasteiger partial charge in [-0.2, -0.15) is 11.3 Å². The van der Waals surface area contributed by atoms with Crippen molar-refractivity contribution in [2.24, 2.45) is 0 Å². The molecule has 1 nitrogen and oxygen atoms in total. The van der Waals surface area contributed by atoms with Crippen LogP contribution in [0.4, 0.5) is 5.69 Å². The third kappa shape index (κ3) is 2.46. The lowest BCUT2D eigenvalue weighted by molar-refractivity contribution is 1.20. The van der Waals surface area contributed by atoms with Crippen molar-refractivity contribution in [2.45, 2.75) is 6.54 Å². The van der Waals surface area contributed by atoms with E-state index >= 15 is 0 Å². The number of thiophene rings is 2. The van der Waals surface area contributed by atoms with Gasteiger partial charge < -0.3 is 5.32 Å². The molecule has 0 amide bonds. The molecule has 0 aliphatic carbocycles. The van der Waals surface area contributed by atoms with Gasteiger partial charge in [-0.15, -0.1) is 11.3 Å². The monoisotopic (exact) mass is 229 g/mol. The average Bonchev–Trinajstić information content (AvgIpc) is 2.71. The number of nitrogens with one attached hydrogen (secondary N) is 1. The zero-order valence-corrected chi connectivity index (χ0v) is 9.18. The van der Waals surface area contributed by atoms with Gasteiger partial charge in [-0.1, -0.05) is 11.6 Å². The Kier molecular flexibility index (Phi) is 2.88. The van der Waals surface area contributed by atoms with Crippen LogP contribution < -0.4 is 5.32 Å². The molecule has 2 aromatic rings. The van der Waals surface area contributed by atoms with Crippen LogP contribution >= 0.6 is 34.3 Å². The van der Waals surface area contributed by atoms with Gasteiger partial charge in [0.25, 0.3) is 0 Å². The summed E-state index contributed by atoms with van der Waals surface area (Å²) >= 11 is 9.12. The molecular weight excluding hydrogens is 222 g/mol. The minimum absolute atomic E-state index is 0.849. The summed E-state index contributed by atoms with van der Waals surface area (Å²) in [4.78, 5) is 1.26. The second kappa shape index (κ2) is 4.13. The number of halogens is 1. The Labute approximate surface area is 90.0 Å². The normalized spacial score (nSPS) is 10.2. The Morgan fingerprint density at radius 2 is 2.23 bits per heavy atom. The molecule has 0 bridgehead atoms. The van der Waals surface area contributed by atoms with Crippen LogP contribution in [0.2, 0.25) is 4.34 Å². The van der Waals surface area contributed by atoms with E-state index in [1.165, 1.54) is 10.6 Å². The van der Waals surface area contributed by atoms with Gasteiger partial charge >= 0.3 is 0 Å². The van der Waals surface area contributed by atoms with Gasteiger partial charge in [0.2, 0.25) is 0 Å². The van der Waals surface area contributed by atoms with Crippen LogP contribution in [-0.4, -0.2) is 0 Å². The van der Waals surface area contributed by atoms with Crippen LogP contribution in [0.1, 0.15) is 4.88 Å². The Hall–Kier alpha value is -0.510. The highest BCUT2D eigenvalue weighted by atomic mass is 35.5. The molecule has 0 spiro atoms. The highest BCUT2D eigenvalue weighted by Crippen LogP contribution is 2.22. The maximum Gasteiger partial charge on any atom is 0.0931 e. The number of hydrogen-bond acceptors (Lipinski definition) is 3. The SMILES string of the molecule is Clc1ccc(CNc2ccsc2)s1. The third-order valence-electron chi connectivity index (χ3n) is 1.62. The Morgan fingerprint density at radius 1 is 1.31 bits per heavy atom. The Bertz CT molecular complexity index is 367. The quantitative estimate of drug-likeness (QED) is 0.837. The summed E-state index contributed by atoms with van der Waals surface area (Å²) in [5, 5.41) is 7.47. The van der Waals surface area contributed by atoms with E-state index in [-0.39, 0.29) is 0 Å². The van der Waals surface area contributed by atoms with E-state index in [1.54, 1.807) is 22.7 Å². The van der Waals surface area contributed by atoms with Crippen molar-refractivity contribution in [1.29, 1.82) is 0 Å². The first-order valence-electron chi connectivity index (χ1n) is 3.85. The Balaban J connectivity index is 1.93. The molecule has 0 aliphatic rings. The highest BCUT2D eigenvalue weighted by molar-refractivity contribution is 7.16. The van der Waals surface area contributed by atoms with Crippen LogP contribution in [0.5, 0.6) is 0 Å². The molecule has 0 atom stereocenters. The lowest BCUT2D eigenvalue weighted by Crippen LogP contribution is -1.94. The van der Waals surface area contributed by atoms with Crippen molar-refractivity contribution in [2.75, 3.05) is 5.32 Å². The molecule has 0 aliphatic heterocycles. The van der Waals surface area contributed by atoms with E-state index in [1.807, 2.05) is 12.1 Å². The highest BCUT2D eigenvalue weighted by Gasteiger charge is 1.97. The molecule has 0 fully saturated rings. The van der Waals surface area contributed by atoms with E-state index in [9.17, 15) is 0 Å². The molecule has 0 saturated carbocycles. The smallest absolute Gasteiger partial charge is 0.0931 e. The average molecular weight is 230 g/mol. The fraction of sp³-hybridized carbons (Fsp3) is 0.111. The summed E-state index contributed by atoms with van der Waals surface area (Å²) in [5.74, 6) is 0. The molecule has 13 heavy (non-hydrogen) atoms. The summed E-state index contributed by atoms with van der Waals surface area (Å²) < 4.78 is 0.849. The van der Waals surface area contributed by atoms with Crippen molar-refractivity contribution in [1.82, 2.24) is 0 Å². The van der Waals surface area contributed by atoms with Gasteiger partial charge in [-0.3, -0.25) is 0 Å². The van der Waals surface area contributed by atoms with Gasteiger partial charge in [0.1, 0.15) is 0 Å². The molecule has 0 aromatic carbocycles. The lowest BCUT2D eigenvalue weighted by atomic mass is 10.4. The molecule has 1 N–H and O–H groups in total. The van der Waals surface area contributed by atoms with Crippen molar-refractivity contribution in [3.63, 3.8) is 0 Å². The molecule has 2 rings (SSSR count). The molecule has 0 radical (unpaired) electrons. The van der Waals surface area contributed by atoms with Gasteiger partial charge in [0, 0.05) is 22.5 Å². The summed E-state index contributed by atoms with van der Waals surface area (Å²) in [6.45, 7) is 0.855. The topological polar surface area (TPSA) is 12.0 Å². The van der Waals surface area contributed by atoms with Gasteiger partial charge in [-0.05, 0) is 23.6 Å². The fourth-order valence-corrected chi connectivity index (χ4v) is 2.64. The Morgan fingerprint density at radius 3 is 2.85 bits per heavy atom. The molecule has 2 heterocycles. The van der Waals surface area contributed by atoms with E-state index in [0.29, 0.717) is 0 Å². The van der Waals surface area contributed by atoms with Crippen LogP contribution in [-0.2, 0) is 6.54 Å². The van der Waals surface area contributed by atoms with Crippen molar-refractivity contribution in [3.8, 4) is 0 Å². The molecule has 0 unspecified atom stereocenters. The second-order valence-electron chi connectivity index (χ2n) is 2.57. The maximum absolute atomic E-state index is 5.81. The first kappa shape index (κ1) is 9.06. The van der Waals surface area contributed by atoms with Crippen LogP contribution in [0.3, 0.4) is 0 Å². The molecule has 68 valence electrons. The van der Waals surface area contributed by atoms with Crippen LogP contribution in [0.25, 0.3) is 0 Å². The summed E-state index contributed by atoms with van der Waals surface area (Å²) in [6.07, 6.45) is 0. The maximum atomic E-state index is 5.81. The zero-order chi connectivity index (χ0) is 9.10. The van der Waals surface area contributed by atoms with Gasteiger partial charge in [0.05, 0.1) is 4.34 Å². The summed E-state index contributed by atoms with van der Waals surface area (Å²) in [6, 6.07) is 6.04. The number of anilines is 1. The van der Waals surface area contributed by atoms with Crippen LogP contribution in [0.15, 0.2) is 29.0 Å². The van der Waals surface area contributed by atoms with Crippen molar-refractivity contribution < 1.29 is 0 Å². The number of rotatable bonds is 3. The molecule has 4 heteroatoms. The molecular formula is C9H8ClNS2.